The number of amides is 1. The lowest BCUT2D eigenvalue weighted by atomic mass is 9.78. The Morgan fingerprint density at radius 1 is 1.15 bits per heavy atom. The second kappa shape index (κ2) is 10.7. The zero-order chi connectivity index (χ0) is 23.1. The van der Waals surface area contributed by atoms with Crippen LogP contribution in [0.1, 0.15) is 36.8 Å². The summed E-state index contributed by atoms with van der Waals surface area (Å²) in [6, 6.07) is 10.7. The molecule has 2 fully saturated rings. The van der Waals surface area contributed by atoms with Crippen LogP contribution in [-0.4, -0.2) is 65.0 Å². The summed E-state index contributed by atoms with van der Waals surface area (Å²) in [5.74, 6) is 0.631. The first kappa shape index (κ1) is 23.1. The molecule has 174 valence electrons. The Morgan fingerprint density at radius 2 is 1.88 bits per heavy atom. The number of hydrogen-bond acceptors (Lipinski definition) is 7. The lowest BCUT2D eigenvalue weighted by Crippen LogP contribution is -2.53. The molecule has 8 heteroatoms. The van der Waals surface area contributed by atoms with Crippen LogP contribution >= 0.6 is 0 Å². The van der Waals surface area contributed by atoms with Gasteiger partial charge in [0.25, 0.3) is 0 Å². The van der Waals surface area contributed by atoms with Crippen LogP contribution in [0.5, 0.6) is 5.88 Å². The van der Waals surface area contributed by atoms with E-state index >= 15 is 0 Å². The molecule has 0 spiro atoms. The van der Waals surface area contributed by atoms with E-state index in [1.165, 1.54) is 5.56 Å². The van der Waals surface area contributed by atoms with Crippen LogP contribution in [0, 0.1) is 16.7 Å². The molecule has 4 heterocycles. The second-order valence-corrected chi connectivity index (χ2v) is 8.98. The number of carbonyl (C=O) groups excluding carboxylic acids is 1. The number of piperidine rings is 2. The van der Waals surface area contributed by atoms with E-state index in [9.17, 15) is 10.1 Å². The Kier molecular flexibility index (Phi) is 7.53. The molecule has 0 bridgehead atoms. The van der Waals surface area contributed by atoms with Gasteiger partial charge in [0.2, 0.25) is 11.8 Å². The normalized spacial score (nSPS) is 19.1. The molecule has 0 atom stereocenters. The van der Waals surface area contributed by atoms with Crippen LogP contribution in [0.2, 0.25) is 0 Å². The largest absolute Gasteiger partial charge is 0.481 e. The fourth-order valence-corrected chi connectivity index (χ4v) is 4.70. The van der Waals surface area contributed by atoms with Crippen molar-refractivity contribution in [2.24, 2.45) is 5.41 Å². The molecule has 0 aliphatic carbocycles. The van der Waals surface area contributed by atoms with Crippen LogP contribution in [-0.2, 0) is 17.9 Å². The maximum atomic E-state index is 13.4. The number of hydrogen-bond donors (Lipinski definition) is 1. The lowest BCUT2D eigenvalue weighted by Gasteiger charge is -2.41. The zero-order valence-corrected chi connectivity index (χ0v) is 19.2. The van der Waals surface area contributed by atoms with E-state index in [2.05, 4.69) is 26.3 Å². The predicted octanol–water partition coefficient (Wildman–Crippen LogP) is 2.37. The molecule has 2 aliphatic rings. The number of likely N-dealkylation sites (tertiary alicyclic amines) is 2. The lowest BCUT2D eigenvalue weighted by molar-refractivity contribution is -0.142. The molecule has 2 aromatic heterocycles. The molecule has 1 amide bonds. The highest BCUT2D eigenvalue weighted by molar-refractivity contribution is 5.85. The van der Waals surface area contributed by atoms with Crippen molar-refractivity contribution in [1.82, 2.24) is 25.1 Å². The van der Waals surface area contributed by atoms with Gasteiger partial charge >= 0.3 is 0 Å². The third-order valence-corrected chi connectivity index (χ3v) is 6.87. The summed E-state index contributed by atoms with van der Waals surface area (Å²) in [6.07, 6.45) is 8.40. The molecule has 8 nitrogen and oxygen atoms in total. The number of rotatable bonds is 7. The van der Waals surface area contributed by atoms with Crippen molar-refractivity contribution in [3.63, 3.8) is 0 Å². The molecule has 2 aromatic rings. The number of nitrogens with zero attached hydrogens (tertiary/aromatic N) is 5. The minimum Gasteiger partial charge on any atom is -0.481 e. The van der Waals surface area contributed by atoms with Crippen molar-refractivity contribution in [2.45, 2.75) is 44.8 Å². The molecular weight excluding hydrogens is 416 g/mol. The van der Waals surface area contributed by atoms with E-state index in [0.29, 0.717) is 37.9 Å². The highest BCUT2D eigenvalue weighted by atomic mass is 16.5. The van der Waals surface area contributed by atoms with Crippen molar-refractivity contribution in [3.8, 4) is 11.9 Å². The molecule has 1 N–H and O–H groups in total. The summed E-state index contributed by atoms with van der Waals surface area (Å²) < 4.78 is 5.10. The van der Waals surface area contributed by atoms with Crippen LogP contribution in [0.4, 0.5) is 0 Å². The molecule has 2 saturated heterocycles. The van der Waals surface area contributed by atoms with Gasteiger partial charge in [0.15, 0.2) is 0 Å². The zero-order valence-electron chi connectivity index (χ0n) is 19.2. The van der Waals surface area contributed by atoms with E-state index in [0.717, 1.165) is 44.6 Å². The molecule has 0 saturated carbocycles. The number of methoxy groups -OCH3 is 1. The van der Waals surface area contributed by atoms with Gasteiger partial charge in [-0.3, -0.25) is 14.7 Å². The minimum absolute atomic E-state index is 0.0198. The third-order valence-electron chi connectivity index (χ3n) is 6.87. The Bertz CT molecular complexity index is 943. The summed E-state index contributed by atoms with van der Waals surface area (Å²) in [4.78, 5) is 25.9. The summed E-state index contributed by atoms with van der Waals surface area (Å²) >= 11 is 0. The molecule has 0 radical (unpaired) electrons. The fourth-order valence-electron chi connectivity index (χ4n) is 4.70. The first-order valence-electron chi connectivity index (χ1n) is 11.7. The minimum atomic E-state index is -0.885. The molecule has 33 heavy (non-hydrogen) atoms. The highest BCUT2D eigenvalue weighted by Crippen LogP contribution is 2.34. The van der Waals surface area contributed by atoms with Gasteiger partial charge < -0.3 is 15.0 Å². The van der Waals surface area contributed by atoms with Gasteiger partial charge in [-0.05, 0) is 48.9 Å². The van der Waals surface area contributed by atoms with Gasteiger partial charge in [0, 0.05) is 70.0 Å². The van der Waals surface area contributed by atoms with Gasteiger partial charge in [0.05, 0.1) is 13.2 Å². The maximum absolute atomic E-state index is 13.4. The average molecular weight is 449 g/mol. The van der Waals surface area contributed by atoms with Crippen molar-refractivity contribution in [2.75, 3.05) is 33.3 Å². The van der Waals surface area contributed by atoms with Gasteiger partial charge in [-0.2, -0.15) is 5.26 Å². The van der Waals surface area contributed by atoms with Crippen LogP contribution < -0.4 is 10.1 Å². The molecular formula is C25H32N6O2. The Balaban J connectivity index is 1.24. The first-order chi connectivity index (χ1) is 16.1. The number of aromatic nitrogens is 2. The number of ether oxygens (including phenoxy) is 1. The summed E-state index contributed by atoms with van der Waals surface area (Å²) in [5.41, 5.74) is 1.43. The Morgan fingerprint density at radius 3 is 2.48 bits per heavy atom. The van der Waals surface area contributed by atoms with Gasteiger partial charge in [0.1, 0.15) is 5.41 Å². The van der Waals surface area contributed by atoms with Gasteiger partial charge in [-0.15, -0.1) is 0 Å². The summed E-state index contributed by atoms with van der Waals surface area (Å²) in [5, 5.41) is 13.5. The van der Waals surface area contributed by atoms with E-state index in [-0.39, 0.29) is 5.91 Å². The van der Waals surface area contributed by atoms with Crippen molar-refractivity contribution < 1.29 is 9.53 Å². The van der Waals surface area contributed by atoms with E-state index < -0.39 is 5.41 Å². The summed E-state index contributed by atoms with van der Waals surface area (Å²) in [7, 11) is 1.61. The smallest absolute Gasteiger partial charge is 0.243 e. The quantitative estimate of drug-likeness (QED) is 0.695. The summed E-state index contributed by atoms with van der Waals surface area (Å²) in [6.45, 7) is 4.48. The number of carbonyl (C=O) groups is 1. The van der Waals surface area contributed by atoms with Crippen molar-refractivity contribution >= 4 is 5.91 Å². The topological polar surface area (TPSA) is 94.4 Å². The molecule has 2 aliphatic heterocycles. The predicted molar refractivity (Wildman–Crippen MR) is 124 cm³/mol. The maximum Gasteiger partial charge on any atom is 0.243 e. The van der Waals surface area contributed by atoms with E-state index in [1.807, 2.05) is 35.4 Å². The van der Waals surface area contributed by atoms with Crippen molar-refractivity contribution in [3.05, 3.63) is 54.0 Å². The third kappa shape index (κ3) is 5.67. The van der Waals surface area contributed by atoms with Crippen LogP contribution in [0.15, 0.2) is 42.9 Å². The molecule has 0 unspecified atom stereocenters. The van der Waals surface area contributed by atoms with Crippen LogP contribution in [0.3, 0.4) is 0 Å². The van der Waals surface area contributed by atoms with Crippen molar-refractivity contribution in [1.29, 1.82) is 5.26 Å². The number of nitriles is 1. The Hall–Kier alpha value is -3.02. The van der Waals surface area contributed by atoms with Gasteiger partial charge in [-0.1, -0.05) is 6.07 Å². The molecule has 0 aromatic carbocycles. The van der Waals surface area contributed by atoms with Gasteiger partial charge in [-0.25, -0.2) is 4.98 Å². The number of pyridine rings is 2. The number of nitrogens with one attached hydrogen (secondary N) is 1. The van der Waals surface area contributed by atoms with E-state index in [1.54, 1.807) is 19.5 Å². The fraction of sp³-hybridized carbons (Fsp3) is 0.520. The monoisotopic (exact) mass is 448 g/mol. The first-order valence-corrected chi connectivity index (χ1v) is 11.7. The van der Waals surface area contributed by atoms with Crippen LogP contribution in [0.25, 0.3) is 0 Å². The second-order valence-electron chi connectivity index (χ2n) is 8.98. The Labute approximate surface area is 195 Å². The molecule has 4 rings (SSSR count). The highest BCUT2D eigenvalue weighted by Gasteiger charge is 2.44. The van der Waals surface area contributed by atoms with E-state index in [4.69, 9.17) is 4.74 Å². The average Bonchev–Trinajstić information content (AvgIpc) is 2.89. The SMILES string of the molecule is COc1ccc(CNC2CCN(C(=O)C3(C#N)CCN(Cc4ccncc4)CC3)CC2)cn1. The standard InChI is InChI=1S/C25H32N6O2/c1-33-23-3-2-21(17-29-23)16-28-22-6-12-31(13-7-22)24(32)25(19-26)8-14-30(15-9-25)18-20-4-10-27-11-5-20/h2-5,10-11,17,22,28H,6-9,12-16,18H2,1H3.